The van der Waals surface area contributed by atoms with Gasteiger partial charge in [-0.25, -0.2) is 0 Å². The number of rotatable bonds is 3. The third-order valence-corrected chi connectivity index (χ3v) is 5.70. The van der Waals surface area contributed by atoms with E-state index in [1.165, 1.54) is 40.5 Å². The summed E-state index contributed by atoms with van der Waals surface area (Å²) in [6.45, 7) is 4.36. The maximum Gasteiger partial charge on any atom is 0.113 e. The number of aromatic amines is 1. The highest BCUT2D eigenvalue weighted by molar-refractivity contribution is 5.93. The minimum Gasteiger partial charge on any atom is -0.278 e. The second kappa shape index (κ2) is 4.77. The van der Waals surface area contributed by atoms with Crippen LogP contribution in [-0.4, -0.2) is 16.2 Å². The lowest BCUT2D eigenvalue weighted by atomic mass is 9.67. The largest absolute Gasteiger partial charge is 0.278 e. The normalized spacial score (nSPS) is 27.1. The second-order valence-corrected chi connectivity index (χ2v) is 6.85. The minimum absolute atomic E-state index is 0.147. The molecule has 0 saturated heterocycles. The van der Waals surface area contributed by atoms with Crippen molar-refractivity contribution < 1.29 is 0 Å². The summed E-state index contributed by atoms with van der Waals surface area (Å²) in [5.41, 5.74) is 6.63. The van der Waals surface area contributed by atoms with Crippen molar-refractivity contribution >= 4 is 16.5 Å². The first-order valence-electron chi connectivity index (χ1n) is 8.19. The molecule has 4 heteroatoms. The fourth-order valence-corrected chi connectivity index (χ4v) is 4.80. The van der Waals surface area contributed by atoms with Gasteiger partial charge in [-0.15, -0.1) is 0 Å². The van der Waals surface area contributed by atoms with E-state index in [1.807, 2.05) is 6.20 Å². The van der Waals surface area contributed by atoms with Crippen molar-refractivity contribution in [2.75, 3.05) is 0 Å². The molecule has 1 heterocycles. The van der Waals surface area contributed by atoms with Gasteiger partial charge in [0, 0.05) is 10.8 Å². The zero-order valence-electron chi connectivity index (χ0n) is 13.1. The summed E-state index contributed by atoms with van der Waals surface area (Å²) in [5.74, 6) is 0. The van der Waals surface area contributed by atoms with Crippen LogP contribution in [0.25, 0.3) is 16.5 Å². The molecule has 0 saturated carbocycles. The molecule has 0 radical (unpaired) electrons. The average molecular weight is 295 g/mol. The predicted octanol–water partition coefficient (Wildman–Crippen LogP) is 4.61. The van der Waals surface area contributed by atoms with E-state index < -0.39 is 0 Å². The van der Waals surface area contributed by atoms with Gasteiger partial charge in [0.2, 0.25) is 0 Å². The molecule has 114 valence electrons. The zero-order chi connectivity index (χ0) is 15.3. The summed E-state index contributed by atoms with van der Waals surface area (Å²) < 4.78 is 0. The summed E-state index contributed by atoms with van der Waals surface area (Å²) in [6.07, 6.45) is 7.32. The molecular weight excluding hydrogens is 274 g/mol. The van der Waals surface area contributed by atoms with Crippen LogP contribution in [0.1, 0.15) is 50.7 Å². The van der Waals surface area contributed by atoms with Gasteiger partial charge in [-0.3, -0.25) is 5.10 Å². The van der Waals surface area contributed by atoms with E-state index in [2.05, 4.69) is 41.4 Å². The lowest BCUT2D eigenvalue weighted by molar-refractivity contribution is 0.312. The summed E-state index contributed by atoms with van der Waals surface area (Å²) in [7, 11) is 0. The Morgan fingerprint density at radius 1 is 1.45 bits per heavy atom. The first-order chi connectivity index (χ1) is 10.7. The Morgan fingerprint density at radius 3 is 3.09 bits per heavy atom. The van der Waals surface area contributed by atoms with E-state index in [0.717, 1.165) is 24.8 Å². The molecule has 1 N–H and O–H groups in total. The number of hydrogen-bond acceptors (Lipinski definition) is 3. The van der Waals surface area contributed by atoms with E-state index in [4.69, 9.17) is 0 Å². The van der Waals surface area contributed by atoms with E-state index >= 15 is 0 Å². The number of nitrogens with one attached hydrogen (secondary N) is 1. The lowest BCUT2D eigenvalue weighted by Gasteiger charge is -2.38. The van der Waals surface area contributed by atoms with E-state index in [9.17, 15) is 4.91 Å². The highest BCUT2D eigenvalue weighted by atomic mass is 16.3. The van der Waals surface area contributed by atoms with Gasteiger partial charge in [0.25, 0.3) is 0 Å². The highest BCUT2D eigenvalue weighted by Gasteiger charge is 2.46. The van der Waals surface area contributed by atoms with Gasteiger partial charge in [-0.1, -0.05) is 24.6 Å². The third-order valence-electron chi connectivity index (χ3n) is 5.70. The molecule has 2 aliphatic carbocycles. The van der Waals surface area contributed by atoms with Gasteiger partial charge in [-0.2, -0.15) is 10.0 Å². The molecule has 2 aromatic rings. The maximum atomic E-state index is 11.2. The van der Waals surface area contributed by atoms with Crippen LogP contribution in [0.2, 0.25) is 0 Å². The minimum atomic E-state index is -0.147. The number of nitrogens with zero attached hydrogens (tertiary/aromatic N) is 2. The van der Waals surface area contributed by atoms with Crippen LogP contribution in [0.4, 0.5) is 0 Å². The van der Waals surface area contributed by atoms with Crippen molar-refractivity contribution in [3.63, 3.8) is 0 Å². The summed E-state index contributed by atoms with van der Waals surface area (Å²) >= 11 is 0. The predicted molar refractivity (Wildman–Crippen MR) is 88.5 cm³/mol. The standard InChI is InChI=1S/C18H21N3O/c1-3-7-18-8-6-15(21-22)11(2)17(18)12-4-5-16-14(10-19-20-16)13(12)9-18/h4-5,10,15H,3,6-9H2,1-2H3,(H,19,20). The molecule has 1 aromatic carbocycles. The third kappa shape index (κ3) is 1.67. The summed E-state index contributed by atoms with van der Waals surface area (Å²) in [5, 5.41) is 11.9. The summed E-state index contributed by atoms with van der Waals surface area (Å²) in [4.78, 5) is 11.2. The van der Waals surface area contributed by atoms with Crippen molar-refractivity contribution in [1.29, 1.82) is 0 Å². The van der Waals surface area contributed by atoms with Gasteiger partial charge < -0.3 is 0 Å². The number of allylic oxidation sites excluding steroid dienone is 1. The fraction of sp³-hybridized carbons (Fsp3) is 0.500. The van der Waals surface area contributed by atoms with Gasteiger partial charge in [0.05, 0.1) is 11.7 Å². The number of aromatic nitrogens is 2. The van der Waals surface area contributed by atoms with Crippen LogP contribution < -0.4 is 0 Å². The van der Waals surface area contributed by atoms with Crippen LogP contribution in [0.3, 0.4) is 0 Å². The molecule has 2 unspecified atom stereocenters. The van der Waals surface area contributed by atoms with E-state index in [1.54, 1.807) is 0 Å². The molecule has 2 atom stereocenters. The maximum absolute atomic E-state index is 11.2. The van der Waals surface area contributed by atoms with Crippen molar-refractivity contribution in [3.8, 4) is 0 Å². The topological polar surface area (TPSA) is 58.1 Å². The second-order valence-electron chi connectivity index (χ2n) is 6.85. The Hall–Kier alpha value is -1.97. The molecule has 2 aliphatic rings. The van der Waals surface area contributed by atoms with Gasteiger partial charge >= 0.3 is 0 Å². The Kier molecular flexibility index (Phi) is 2.96. The van der Waals surface area contributed by atoms with Crippen LogP contribution >= 0.6 is 0 Å². The Morgan fingerprint density at radius 2 is 2.32 bits per heavy atom. The fourth-order valence-electron chi connectivity index (χ4n) is 4.80. The number of nitroso groups, excluding NO2 is 1. The van der Waals surface area contributed by atoms with Crippen molar-refractivity contribution in [2.24, 2.45) is 10.6 Å². The van der Waals surface area contributed by atoms with E-state index in [-0.39, 0.29) is 11.5 Å². The molecule has 4 rings (SSSR count). The van der Waals surface area contributed by atoms with Crippen molar-refractivity contribution in [2.45, 2.75) is 52.0 Å². The van der Waals surface area contributed by atoms with Crippen LogP contribution in [0, 0.1) is 10.3 Å². The molecule has 0 amide bonds. The SMILES string of the molecule is CCCC12CCC(N=O)C(C)=C1c1ccc3[nH]ncc3c1C2. The monoisotopic (exact) mass is 295 g/mol. The Bertz CT molecular complexity index is 789. The van der Waals surface area contributed by atoms with Crippen LogP contribution in [0.5, 0.6) is 0 Å². The molecule has 0 bridgehead atoms. The molecule has 0 aliphatic heterocycles. The van der Waals surface area contributed by atoms with Gasteiger partial charge in [0.15, 0.2) is 0 Å². The summed E-state index contributed by atoms with van der Waals surface area (Å²) in [6, 6.07) is 4.17. The Labute approximate surface area is 130 Å². The number of hydrogen-bond donors (Lipinski definition) is 1. The quantitative estimate of drug-likeness (QED) is 0.841. The highest BCUT2D eigenvalue weighted by Crippen LogP contribution is 2.58. The first-order valence-corrected chi connectivity index (χ1v) is 8.19. The lowest BCUT2D eigenvalue weighted by Crippen LogP contribution is -2.29. The van der Waals surface area contributed by atoms with Crippen molar-refractivity contribution in [1.82, 2.24) is 10.2 Å². The average Bonchev–Trinajstić information content (AvgIpc) is 3.09. The Balaban J connectivity index is 1.99. The zero-order valence-corrected chi connectivity index (χ0v) is 13.1. The van der Waals surface area contributed by atoms with Crippen LogP contribution in [0.15, 0.2) is 29.1 Å². The number of benzene rings is 1. The van der Waals surface area contributed by atoms with Gasteiger partial charge in [0.1, 0.15) is 6.04 Å². The molecule has 0 fully saturated rings. The van der Waals surface area contributed by atoms with Gasteiger partial charge in [-0.05, 0) is 60.9 Å². The molecule has 0 spiro atoms. The first kappa shape index (κ1) is 13.7. The number of H-pyrrole nitrogens is 1. The van der Waals surface area contributed by atoms with Crippen molar-refractivity contribution in [3.05, 3.63) is 39.9 Å². The molecule has 22 heavy (non-hydrogen) atoms. The number of fused-ring (bicyclic) bond motifs is 5. The molecule has 1 aromatic heterocycles. The molecular formula is C18H21N3O. The smallest absolute Gasteiger partial charge is 0.113 e. The molecule has 4 nitrogen and oxygen atoms in total. The van der Waals surface area contributed by atoms with E-state index in [0.29, 0.717) is 0 Å². The van der Waals surface area contributed by atoms with Crippen LogP contribution in [-0.2, 0) is 6.42 Å².